The lowest BCUT2D eigenvalue weighted by molar-refractivity contribution is 0.965. The van der Waals surface area contributed by atoms with E-state index >= 15 is 0 Å². The summed E-state index contributed by atoms with van der Waals surface area (Å²) in [7, 11) is 0. The zero-order valence-corrected chi connectivity index (χ0v) is 20.7. The van der Waals surface area contributed by atoms with Crippen LogP contribution in [-0.2, 0) is 12.8 Å². The molecule has 0 bridgehead atoms. The Balaban J connectivity index is 1.41. The van der Waals surface area contributed by atoms with Crippen LogP contribution in [0.4, 0.5) is 11.4 Å². The van der Waals surface area contributed by atoms with E-state index in [2.05, 4.69) is 50.0 Å². The van der Waals surface area contributed by atoms with Gasteiger partial charge in [-0.05, 0) is 48.2 Å². The van der Waals surface area contributed by atoms with Crippen LogP contribution in [-0.4, -0.2) is 24.8 Å². The molecule has 4 aromatic carbocycles. The summed E-state index contributed by atoms with van der Waals surface area (Å²) in [4.78, 5) is 9.10. The molecular formula is C30H31N7. The third-order valence-electron chi connectivity index (χ3n) is 5.76. The van der Waals surface area contributed by atoms with Crippen LogP contribution in [0.1, 0.15) is 22.3 Å². The SMILES string of the molecule is NC(=NCCc1ccccc1)c1ccccc1N=NNc1ccccc1C(N)=NCCc1ccccc1. The number of aliphatic imine (C=N–C) groups is 2. The van der Waals surface area contributed by atoms with E-state index in [1.54, 1.807) is 0 Å². The van der Waals surface area contributed by atoms with Crippen LogP contribution in [0.3, 0.4) is 0 Å². The summed E-state index contributed by atoms with van der Waals surface area (Å²) in [6, 6.07) is 35.6. The Hall–Kier alpha value is -4.78. The molecule has 7 heteroatoms. The molecule has 0 aliphatic carbocycles. The van der Waals surface area contributed by atoms with E-state index in [1.807, 2.05) is 84.9 Å². The number of nitrogens with one attached hydrogen (secondary N) is 1. The Bertz CT molecular complexity index is 1360. The second-order valence-corrected chi connectivity index (χ2v) is 8.38. The number of hydrogen-bond acceptors (Lipinski definition) is 4. The quantitative estimate of drug-likeness (QED) is 0.109. The van der Waals surface area contributed by atoms with Crippen LogP contribution in [0.5, 0.6) is 0 Å². The molecule has 0 fully saturated rings. The molecule has 37 heavy (non-hydrogen) atoms. The lowest BCUT2D eigenvalue weighted by Gasteiger charge is -2.08. The van der Waals surface area contributed by atoms with Gasteiger partial charge in [0.05, 0.1) is 11.4 Å². The van der Waals surface area contributed by atoms with Crippen LogP contribution in [0, 0.1) is 0 Å². The minimum atomic E-state index is 0.431. The van der Waals surface area contributed by atoms with E-state index in [0.717, 1.165) is 24.0 Å². The molecule has 0 saturated carbocycles. The predicted molar refractivity (Wildman–Crippen MR) is 152 cm³/mol. The van der Waals surface area contributed by atoms with Gasteiger partial charge in [0.15, 0.2) is 0 Å². The predicted octanol–water partition coefficient (Wildman–Crippen LogP) is 5.69. The maximum atomic E-state index is 6.30. The molecule has 0 unspecified atom stereocenters. The second-order valence-electron chi connectivity index (χ2n) is 8.38. The molecule has 0 atom stereocenters. The Labute approximate surface area is 217 Å². The number of benzene rings is 4. The van der Waals surface area contributed by atoms with Crippen LogP contribution in [0.15, 0.2) is 130 Å². The molecule has 5 N–H and O–H groups in total. The minimum absolute atomic E-state index is 0.431. The molecule has 0 saturated heterocycles. The standard InChI is InChI=1S/C30H31N7/c31-29(33-21-19-23-11-3-1-4-12-23)25-15-7-9-17-27(25)35-37-36-28-18-10-8-16-26(28)30(32)34-22-20-24-13-5-2-6-14-24/h1-18H,19-22H2,(H2,31,33)(H2,32,34)(H,35,36). The molecular weight excluding hydrogens is 458 g/mol. The zero-order chi connectivity index (χ0) is 25.7. The van der Waals surface area contributed by atoms with Gasteiger partial charge in [-0.15, -0.1) is 5.11 Å². The molecule has 0 aliphatic rings. The Morgan fingerprint density at radius 1 is 0.568 bits per heavy atom. The lowest BCUT2D eigenvalue weighted by Crippen LogP contribution is -2.16. The van der Waals surface area contributed by atoms with Crippen molar-refractivity contribution >= 4 is 23.0 Å². The second kappa shape index (κ2) is 13.3. The van der Waals surface area contributed by atoms with Gasteiger partial charge in [0.25, 0.3) is 0 Å². The Morgan fingerprint density at radius 3 is 1.68 bits per heavy atom. The first-order valence-electron chi connectivity index (χ1n) is 12.2. The molecule has 0 heterocycles. The maximum absolute atomic E-state index is 6.30. The Kier molecular flexibility index (Phi) is 9.13. The fourth-order valence-corrected chi connectivity index (χ4v) is 3.78. The van der Waals surface area contributed by atoms with Gasteiger partial charge >= 0.3 is 0 Å². The number of nitrogens with two attached hydrogens (primary N) is 2. The van der Waals surface area contributed by atoms with Crippen molar-refractivity contribution in [1.82, 2.24) is 0 Å². The normalized spacial score (nSPS) is 12.1. The highest BCUT2D eigenvalue weighted by atomic mass is 15.4. The minimum Gasteiger partial charge on any atom is -0.383 e. The number of anilines is 1. The van der Waals surface area contributed by atoms with Gasteiger partial charge in [0.2, 0.25) is 0 Å². The van der Waals surface area contributed by atoms with Crippen LogP contribution in [0.2, 0.25) is 0 Å². The van der Waals surface area contributed by atoms with Gasteiger partial charge in [0, 0.05) is 24.2 Å². The van der Waals surface area contributed by atoms with Gasteiger partial charge in [-0.2, -0.15) is 0 Å². The summed E-state index contributed by atoms with van der Waals surface area (Å²) in [6.45, 7) is 1.19. The van der Waals surface area contributed by atoms with Crippen molar-refractivity contribution < 1.29 is 0 Å². The summed E-state index contributed by atoms with van der Waals surface area (Å²) in [6.07, 6.45) is 1.64. The van der Waals surface area contributed by atoms with Crippen LogP contribution in [0.25, 0.3) is 0 Å². The smallest absolute Gasteiger partial charge is 0.127 e. The van der Waals surface area contributed by atoms with Crippen molar-refractivity contribution in [2.45, 2.75) is 12.8 Å². The first-order chi connectivity index (χ1) is 18.2. The monoisotopic (exact) mass is 489 g/mol. The van der Waals surface area contributed by atoms with E-state index in [1.165, 1.54) is 11.1 Å². The van der Waals surface area contributed by atoms with Crippen molar-refractivity contribution in [3.8, 4) is 0 Å². The molecule has 4 aromatic rings. The first-order valence-corrected chi connectivity index (χ1v) is 12.2. The summed E-state index contributed by atoms with van der Waals surface area (Å²) in [5.41, 5.74) is 20.9. The van der Waals surface area contributed by atoms with Gasteiger partial charge in [0.1, 0.15) is 11.7 Å². The fourth-order valence-electron chi connectivity index (χ4n) is 3.78. The van der Waals surface area contributed by atoms with E-state index in [-0.39, 0.29) is 0 Å². The molecule has 0 amide bonds. The van der Waals surface area contributed by atoms with Crippen molar-refractivity contribution in [3.05, 3.63) is 131 Å². The number of amidine groups is 2. The van der Waals surface area contributed by atoms with Crippen LogP contribution >= 0.6 is 0 Å². The summed E-state index contributed by atoms with van der Waals surface area (Å²) < 4.78 is 0. The van der Waals surface area contributed by atoms with Crippen molar-refractivity contribution in [2.24, 2.45) is 31.8 Å². The Morgan fingerprint density at radius 2 is 1.05 bits per heavy atom. The summed E-state index contributed by atoms with van der Waals surface area (Å²) >= 11 is 0. The summed E-state index contributed by atoms with van der Waals surface area (Å²) in [5.74, 6) is 0.880. The highest BCUT2D eigenvalue weighted by Gasteiger charge is 2.07. The third-order valence-corrected chi connectivity index (χ3v) is 5.76. The van der Waals surface area contributed by atoms with E-state index in [4.69, 9.17) is 11.5 Å². The topological polar surface area (TPSA) is 114 Å². The summed E-state index contributed by atoms with van der Waals surface area (Å²) in [5, 5.41) is 8.57. The lowest BCUT2D eigenvalue weighted by atomic mass is 10.1. The number of para-hydroxylation sites is 1. The largest absolute Gasteiger partial charge is 0.383 e. The van der Waals surface area contributed by atoms with E-state index in [0.29, 0.717) is 36.1 Å². The molecule has 0 spiro atoms. The van der Waals surface area contributed by atoms with E-state index < -0.39 is 0 Å². The molecule has 186 valence electrons. The zero-order valence-electron chi connectivity index (χ0n) is 20.7. The molecule has 0 aromatic heterocycles. The highest BCUT2D eigenvalue weighted by Crippen LogP contribution is 2.20. The van der Waals surface area contributed by atoms with Crippen molar-refractivity contribution in [1.29, 1.82) is 0 Å². The third kappa shape index (κ3) is 7.60. The average Bonchev–Trinajstić information content (AvgIpc) is 2.94. The highest BCUT2D eigenvalue weighted by molar-refractivity contribution is 6.02. The maximum Gasteiger partial charge on any atom is 0.127 e. The van der Waals surface area contributed by atoms with Gasteiger partial charge in [-0.3, -0.25) is 15.4 Å². The van der Waals surface area contributed by atoms with Gasteiger partial charge in [-0.25, -0.2) is 0 Å². The molecule has 7 nitrogen and oxygen atoms in total. The van der Waals surface area contributed by atoms with Crippen molar-refractivity contribution in [3.63, 3.8) is 0 Å². The van der Waals surface area contributed by atoms with Crippen molar-refractivity contribution in [2.75, 3.05) is 18.5 Å². The average molecular weight is 490 g/mol. The number of rotatable bonds is 11. The molecule has 0 radical (unpaired) electrons. The van der Waals surface area contributed by atoms with Gasteiger partial charge < -0.3 is 11.5 Å². The number of hydrogen-bond donors (Lipinski definition) is 3. The number of nitrogens with zero attached hydrogens (tertiary/aromatic N) is 4. The van der Waals surface area contributed by atoms with Crippen LogP contribution < -0.4 is 16.9 Å². The molecule has 4 rings (SSSR count). The van der Waals surface area contributed by atoms with E-state index in [9.17, 15) is 0 Å². The first kappa shape index (κ1) is 25.3. The molecule has 0 aliphatic heterocycles. The van der Waals surface area contributed by atoms with Gasteiger partial charge in [-0.1, -0.05) is 90.2 Å². The fraction of sp³-hybridized carbons (Fsp3) is 0.133.